The molecule has 1 aromatic carbocycles. The molecule has 1 aliphatic rings. The van der Waals surface area contributed by atoms with E-state index >= 15 is 0 Å². The zero-order chi connectivity index (χ0) is 13.6. The number of rotatable bonds is 1. The second kappa shape index (κ2) is 4.18. The molecule has 5 heteroatoms. The summed E-state index contributed by atoms with van der Waals surface area (Å²) in [5, 5.41) is 11.7. The average molecular weight is 277 g/mol. The van der Waals surface area contributed by atoms with Gasteiger partial charge >= 0.3 is 0 Å². The quantitative estimate of drug-likeness (QED) is 0.812. The van der Waals surface area contributed by atoms with Gasteiger partial charge in [-0.05, 0) is 18.4 Å². The molecular weight excluding hydrogens is 264 g/mol. The van der Waals surface area contributed by atoms with Crippen LogP contribution in [0, 0.1) is 0 Å². The summed E-state index contributed by atoms with van der Waals surface area (Å²) in [5.74, 6) is -0.195. The fraction of sp³-hybridized carbons (Fsp3) is 0.286. The molecule has 19 heavy (non-hydrogen) atoms. The first-order valence-corrected chi connectivity index (χ1v) is 6.41. The van der Waals surface area contributed by atoms with E-state index < -0.39 is 5.60 Å². The second-order valence-electron chi connectivity index (χ2n) is 5.18. The first-order chi connectivity index (χ1) is 8.96. The molecule has 2 heterocycles. The average Bonchev–Trinajstić information content (AvgIpc) is 2.35. The van der Waals surface area contributed by atoms with Gasteiger partial charge in [0.15, 0.2) is 0 Å². The first-order valence-electron chi connectivity index (χ1n) is 6.03. The lowest BCUT2D eigenvalue weighted by atomic mass is 9.96. The molecule has 0 unspecified atom stereocenters. The van der Waals surface area contributed by atoms with E-state index in [1.165, 1.54) is 0 Å². The highest BCUT2D eigenvalue weighted by Gasteiger charge is 2.40. The molecule has 0 radical (unpaired) electrons. The summed E-state index contributed by atoms with van der Waals surface area (Å²) >= 11 is 6.10. The van der Waals surface area contributed by atoms with Gasteiger partial charge in [-0.2, -0.15) is 0 Å². The van der Waals surface area contributed by atoms with Gasteiger partial charge < -0.3 is 10.0 Å². The van der Waals surface area contributed by atoms with Gasteiger partial charge in [0.1, 0.15) is 10.8 Å². The second-order valence-corrected chi connectivity index (χ2v) is 5.54. The van der Waals surface area contributed by atoms with Crippen molar-refractivity contribution in [2.24, 2.45) is 0 Å². The van der Waals surface area contributed by atoms with Crippen LogP contribution in [0.3, 0.4) is 0 Å². The summed E-state index contributed by atoms with van der Waals surface area (Å²) in [7, 11) is 0. The van der Waals surface area contributed by atoms with Crippen molar-refractivity contribution in [1.82, 2.24) is 9.88 Å². The Morgan fingerprint density at radius 3 is 2.79 bits per heavy atom. The van der Waals surface area contributed by atoms with E-state index in [-0.39, 0.29) is 5.91 Å². The highest BCUT2D eigenvalue weighted by Crippen LogP contribution is 2.25. The van der Waals surface area contributed by atoms with E-state index in [2.05, 4.69) is 4.98 Å². The SMILES string of the molecule is CC1(O)CN(C(=O)c2cc3ccccc3c(Cl)n2)C1. The van der Waals surface area contributed by atoms with E-state index in [1.807, 2.05) is 24.3 Å². The Morgan fingerprint density at radius 1 is 1.42 bits per heavy atom. The summed E-state index contributed by atoms with van der Waals surface area (Å²) in [5.41, 5.74) is -0.463. The first kappa shape index (κ1) is 12.4. The maximum atomic E-state index is 12.2. The molecule has 2 aromatic rings. The normalized spacial score (nSPS) is 17.3. The maximum absolute atomic E-state index is 12.2. The van der Waals surface area contributed by atoms with Crippen LogP contribution in [0.15, 0.2) is 30.3 Å². The Bertz CT molecular complexity index is 662. The number of fused-ring (bicyclic) bond motifs is 1. The molecule has 0 aliphatic carbocycles. The summed E-state index contributed by atoms with van der Waals surface area (Å²) in [4.78, 5) is 17.9. The molecule has 0 bridgehead atoms. The number of aliphatic hydroxyl groups is 1. The third-order valence-corrected chi connectivity index (χ3v) is 3.55. The molecule has 0 saturated carbocycles. The van der Waals surface area contributed by atoms with Gasteiger partial charge in [0.05, 0.1) is 18.7 Å². The zero-order valence-corrected chi connectivity index (χ0v) is 11.2. The number of aromatic nitrogens is 1. The molecule has 1 N–H and O–H groups in total. The van der Waals surface area contributed by atoms with Crippen molar-refractivity contribution >= 4 is 28.3 Å². The lowest BCUT2D eigenvalue weighted by Gasteiger charge is -2.43. The molecule has 1 amide bonds. The number of halogens is 1. The fourth-order valence-corrected chi connectivity index (χ4v) is 2.61. The van der Waals surface area contributed by atoms with E-state index in [4.69, 9.17) is 11.6 Å². The molecule has 98 valence electrons. The third kappa shape index (κ3) is 2.17. The van der Waals surface area contributed by atoms with Crippen LogP contribution in [0.1, 0.15) is 17.4 Å². The lowest BCUT2D eigenvalue weighted by Crippen LogP contribution is -2.61. The van der Waals surface area contributed by atoms with Crippen LogP contribution in [-0.4, -0.2) is 39.6 Å². The van der Waals surface area contributed by atoms with Gasteiger partial charge in [-0.25, -0.2) is 4.98 Å². The molecule has 0 spiro atoms. The van der Waals surface area contributed by atoms with Crippen molar-refractivity contribution in [2.75, 3.05) is 13.1 Å². The molecule has 3 rings (SSSR count). The third-order valence-electron chi connectivity index (χ3n) is 3.26. The van der Waals surface area contributed by atoms with Crippen LogP contribution in [0.2, 0.25) is 5.15 Å². The molecule has 1 aromatic heterocycles. The van der Waals surface area contributed by atoms with Crippen molar-refractivity contribution in [3.63, 3.8) is 0 Å². The minimum Gasteiger partial charge on any atom is -0.386 e. The molecule has 4 nitrogen and oxygen atoms in total. The van der Waals surface area contributed by atoms with Crippen molar-refractivity contribution in [3.8, 4) is 0 Å². The molecule has 1 fully saturated rings. The van der Waals surface area contributed by atoms with Crippen molar-refractivity contribution in [3.05, 3.63) is 41.2 Å². The number of hydrogen-bond donors (Lipinski definition) is 1. The van der Waals surface area contributed by atoms with Crippen LogP contribution in [0.5, 0.6) is 0 Å². The van der Waals surface area contributed by atoms with E-state index in [0.29, 0.717) is 23.9 Å². The minimum atomic E-state index is -0.781. The Labute approximate surface area is 115 Å². The number of amides is 1. The van der Waals surface area contributed by atoms with E-state index in [0.717, 1.165) is 10.8 Å². The number of carbonyl (C=O) groups excluding carboxylic acids is 1. The summed E-state index contributed by atoms with van der Waals surface area (Å²) < 4.78 is 0. The molecule has 1 saturated heterocycles. The fourth-order valence-electron chi connectivity index (χ4n) is 2.35. The smallest absolute Gasteiger partial charge is 0.272 e. The van der Waals surface area contributed by atoms with Crippen LogP contribution < -0.4 is 0 Å². The minimum absolute atomic E-state index is 0.195. The van der Waals surface area contributed by atoms with Crippen molar-refractivity contribution < 1.29 is 9.90 Å². The van der Waals surface area contributed by atoms with E-state index in [1.54, 1.807) is 17.9 Å². The number of benzene rings is 1. The Kier molecular flexibility index (Phi) is 2.73. The Balaban J connectivity index is 1.95. The Hall–Kier alpha value is -1.65. The van der Waals surface area contributed by atoms with Gasteiger partial charge in [-0.1, -0.05) is 35.9 Å². The molecule has 1 aliphatic heterocycles. The zero-order valence-electron chi connectivity index (χ0n) is 10.4. The van der Waals surface area contributed by atoms with Crippen LogP contribution in [0.4, 0.5) is 0 Å². The predicted molar refractivity (Wildman–Crippen MR) is 73.3 cm³/mol. The van der Waals surface area contributed by atoms with Gasteiger partial charge in [0.2, 0.25) is 0 Å². The van der Waals surface area contributed by atoms with Crippen LogP contribution in [0.25, 0.3) is 10.8 Å². The predicted octanol–water partition coefficient (Wildman–Crippen LogP) is 2.09. The topological polar surface area (TPSA) is 53.4 Å². The largest absolute Gasteiger partial charge is 0.386 e. The standard InChI is InChI=1S/C14H13ClN2O2/c1-14(19)7-17(8-14)13(18)11-6-9-4-2-3-5-10(9)12(15)16-11/h2-6,19H,7-8H2,1H3. The van der Waals surface area contributed by atoms with Gasteiger partial charge in [0, 0.05) is 5.39 Å². The number of pyridine rings is 1. The molecule has 0 atom stereocenters. The summed E-state index contributed by atoms with van der Waals surface area (Å²) in [6.45, 7) is 2.37. The van der Waals surface area contributed by atoms with Gasteiger partial charge in [0.25, 0.3) is 5.91 Å². The van der Waals surface area contributed by atoms with Crippen molar-refractivity contribution in [1.29, 1.82) is 0 Å². The van der Waals surface area contributed by atoms with Crippen LogP contribution >= 0.6 is 11.6 Å². The molecular formula is C14H13ClN2O2. The van der Waals surface area contributed by atoms with E-state index in [9.17, 15) is 9.90 Å². The summed E-state index contributed by atoms with van der Waals surface area (Å²) in [6, 6.07) is 9.27. The van der Waals surface area contributed by atoms with Crippen LogP contribution in [-0.2, 0) is 0 Å². The maximum Gasteiger partial charge on any atom is 0.272 e. The monoisotopic (exact) mass is 276 g/mol. The Morgan fingerprint density at radius 2 is 2.11 bits per heavy atom. The van der Waals surface area contributed by atoms with Crippen molar-refractivity contribution in [2.45, 2.75) is 12.5 Å². The highest BCUT2D eigenvalue weighted by molar-refractivity contribution is 6.34. The lowest BCUT2D eigenvalue weighted by molar-refractivity contribution is -0.0670. The highest BCUT2D eigenvalue weighted by atomic mass is 35.5. The number of hydrogen-bond acceptors (Lipinski definition) is 3. The number of β-amino-alcohol motifs (C(OH)–C–C–N with tert-alkyl or cyclic N) is 1. The number of carbonyl (C=O) groups is 1. The van der Waals surface area contributed by atoms with Gasteiger partial charge in [-0.3, -0.25) is 4.79 Å². The van der Waals surface area contributed by atoms with Gasteiger partial charge in [-0.15, -0.1) is 0 Å². The number of likely N-dealkylation sites (tertiary alicyclic amines) is 1. The number of nitrogens with zero attached hydrogens (tertiary/aromatic N) is 2. The summed E-state index contributed by atoms with van der Waals surface area (Å²) in [6.07, 6.45) is 0.